The number of hydrogen-bond acceptors (Lipinski definition) is 4. The van der Waals surface area contributed by atoms with Crippen molar-refractivity contribution in [3.8, 4) is 11.1 Å². The van der Waals surface area contributed by atoms with Gasteiger partial charge in [0.05, 0.1) is 12.7 Å². The minimum absolute atomic E-state index is 0.293. The molecular formula is C25H30N2O2. The molecule has 2 atom stereocenters. The molecule has 4 nitrogen and oxygen atoms in total. The normalized spacial score (nSPS) is 24.8. The number of carbonyl (C=O) groups is 1. The zero-order valence-corrected chi connectivity index (χ0v) is 17.2. The van der Waals surface area contributed by atoms with Gasteiger partial charge in [-0.05, 0) is 54.7 Å². The van der Waals surface area contributed by atoms with Gasteiger partial charge in [-0.1, -0.05) is 43.5 Å². The summed E-state index contributed by atoms with van der Waals surface area (Å²) in [5.41, 5.74) is 4.23. The van der Waals surface area contributed by atoms with E-state index >= 15 is 0 Å². The van der Waals surface area contributed by atoms with Crippen LogP contribution in [0.5, 0.6) is 0 Å². The molecule has 1 aliphatic carbocycles. The number of fused-ring (bicyclic) bond motifs is 2. The van der Waals surface area contributed by atoms with Crippen molar-refractivity contribution in [2.24, 2.45) is 0 Å². The van der Waals surface area contributed by atoms with Crippen LogP contribution in [-0.4, -0.2) is 49.2 Å². The summed E-state index contributed by atoms with van der Waals surface area (Å²) in [4.78, 5) is 17.1. The van der Waals surface area contributed by atoms with Crippen molar-refractivity contribution >= 4 is 11.7 Å². The van der Waals surface area contributed by atoms with Gasteiger partial charge >= 0.3 is 5.97 Å². The highest BCUT2D eigenvalue weighted by molar-refractivity contribution is 5.90. The van der Waals surface area contributed by atoms with Crippen LogP contribution in [0, 0.1) is 0 Å². The molecule has 2 saturated heterocycles. The average molecular weight is 391 g/mol. The van der Waals surface area contributed by atoms with E-state index in [0.29, 0.717) is 11.6 Å². The number of hydrogen-bond donors (Lipinski definition) is 0. The van der Waals surface area contributed by atoms with Gasteiger partial charge in [0.2, 0.25) is 0 Å². The Bertz CT molecular complexity index is 855. The number of carbonyl (C=O) groups excluding carboxylic acids is 1. The maximum absolute atomic E-state index is 11.6. The number of likely N-dealkylation sites (tertiary alicyclic amines) is 1. The van der Waals surface area contributed by atoms with Crippen molar-refractivity contribution in [2.75, 3.05) is 25.1 Å². The number of esters is 1. The van der Waals surface area contributed by atoms with Gasteiger partial charge < -0.3 is 9.64 Å². The summed E-state index contributed by atoms with van der Waals surface area (Å²) < 4.78 is 4.78. The van der Waals surface area contributed by atoms with Gasteiger partial charge in [0.25, 0.3) is 0 Å². The highest BCUT2D eigenvalue weighted by Gasteiger charge is 2.45. The van der Waals surface area contributed by atoms with E-state index in [-0.39, 0.29) is 5.97 Å². The number of ether oxygens (including phenoxy) is 1. The summed E-state index contributed by atoms with van der Waals surface area (Å²) in [7, 11) is 1.41. The topological polar surface area (TPSA) is 32.8 Å². The van der Waals surface area contributed by atoms with E-state index < -0.39 is 0 Å². The fourth-order valence-corrected chi connectivity index (χ4v) is 5.64. The lowest BCUT2D eigenvalue weighted by Crippen LogP contribution is -2.50. The summed E-state index contributed by atoms with van der Waals surface area (Å²) in [6, 6.07) is 18.8. The van der Waals surface area contributed by atoms with E-state index in [1.807, 2.05) is 24.3 Å². The SMILES string of the molecule is COC(=O)c1ccc(-c2ccc(N3CC4CC3CN4C3CCCCC3)cc2)cc1. The molecule has 1 saturated carbocycles. The Morgan fingerprint density at radius 3 is 2.07 bits per heavy atom. The second kappa shape index (κ2) is 7.83. The second-order valence-corrected chi connectivity index (χ2v) is 8.80. The van der Waals surface area contributed by atoms with Gasteiger partial charge in [-0.15, -0.1) is 0 Å². The smallest absolute Gasteiger partial charge is 0.337 e. The molecule has 0 amide bonds. The monoisotopic (exact) mass is 390 g/mol. The molecule has 0 aromatic heterocycles. The fourth-order valence-electron chi connectivity index (χ4n) is 5.64. The zero-order valence-electron chi connectivity index (χ0n) is 17.2. The third kappa shape index (κ3) is 3.55. The molecule has 0 radical (unpaired) electrons. The molecule has 2 heterocycles. The van der Waals surface area contributed by atoms with Gasteiger partial charge in [0, 0.05) is 36.9 Å². The van der Waals surface area contributed by atoms with E-state index in [4.69, 9.17) is 4.74 Å². The Labute approximate surface area is 173 Å². The molecule has 2 aromatic carbocycles. The number of anilines is 1. The van der Waals surface area contributed by atoms with Gasteiger partial charge in [-0.2, -0.15) is 0 Å². The molecule has 2 aliphatic heterocycles. The Hall–Kier alpha value is -2.33. The van der Waals surface area contributed by atoms with Crippen LogP contribution in [-0.2, 0) is 4.74 Å². The number of benzene rings is 2. The summed E-state index contributed by atoms with van der Waals surface area (Å²) in [6.07, 6.45) is 8.42. The molecular weight excluding hydrogens is 360 g/mol. The average Bonchev–Trinajstić information content (AvgIpc) is 3.41. The first-order chi connectivity index (χ1) is 14.2. The third-order valence-corrected chi connectivity index (χ3v) is 7.16. The van der Waals surface area contributed by atoms with Gasteiger partial charge in [0.15, 0.2) is 0 Å². The highest BCUT2D eigenvalue weighted by atomic mass is 16.5. The molecule has 3 fully saturated rings. The molecule has 2 unspecified atom stereocenters. The van der Waals surface area contributed by atoms with E-state index in [0.717, 1.165) is 17.6 Å². The van der Waals surface area contributed by atoms with Crippen LogP contribution in [0.2, 0.25) is 0 Å². The number of piperazine rings is 1. The molecule has 0 N–H and O–H groups in total. The summed E-state index contributed by atoms with van der Waals surface area (Å²) in [6.45, 7) is 2.42. The number of methoxy groups -OCH3 is 1. The van der Waals surface area contributed by atoms with Crippen LogP contribution in [0.25, 0.3) is 11.1 Å². The molecule has 4 heteroatoms. The van der Waals surface area contributed by atoms with Crippen molar-refractivity contribution < 1.29 is 9.53 Å². The predicted octanol–water partition coefficient (Wildman–Crippen LogP) is 4.74. The first-order valence-electron chi connectivity index (χ1n) is 11.0. The first kappa shape index (κ1) is 18.7. The zero-order chi connectivity index (χ0) is 19.8. The Kier molecular flexibility index (Phi) is 5.04. The van der Waals surface area contributed by atoms with E-state index in [9.17, 15) is 4.79 Å². The van der Waals surface area contributed by atoms with Gasteiger partial charge in [-0.3, -0.25) is 4.90 Å². The standard InChI is InChI=1S/C25H30N2O2/c1-29-25(28)20-9-7-18(8-10-20)19-11-13-22(14-12-19)27-17-23-15-24(27)16-26(23)21-5-3-2-4-6-21/h7-14,21,23-24H,2-6,15-17H2,1H3. The van der Waals surface area contributed by atoms with E-state index in [1.165, 1.54) is 70.0 Å². The molecule has 0 spiro atoms. The molecule has 29 heavy (non-hydrogen) atoms. The minimum atomic E-state index is -0.293. The first-order valence-corrected chi connectivity index (χ1v) is 11.0. The molecule has 3 aliphatic rings. The van der Waals surface area contributed by atoms with Crippen LogP contribution < -0.4 is 4.90 Å². The van der Waals surface area contributed by atoms with Crippen molar-refractivity contribution in [3.05, 3.63) is 54.1 Å². The Balaban J connectivity index is 1.25. The Morgan fingerprint density at radius 1 is 0.828 bits per heavy atom. The summed E-state index contributed by atoms with van der Waals surface area (Å²) in [5.74, 6) is -0.293. The molecule has 5 rings (SSSR count). The van der Waals surface area contributed by atoms with Crippen LogP contribution in [0.3, 0.4) is 0 Å². The number of rotatable bonds is 4. The van der Waals surface area contributed by atoms with Crippen molar-refractivity contribution in [3.63, 3.8) is 0 Å². The highest BCUT2D eigenvalue weighted by Crippen LogP contribution is 2.38. The van der Waals surface area contributed by atoms with Crippen molar-refractivity contribution in [2.45, 2.75) is 56.7 Å². The Morgan fingerprint density at radius 2 is 1.48 bits per heavy atom. The van der Waals surface area contributed by atoms with Crippen LogP contribution in [0.1, 0.15) is 48.9 Å². The lowest BCUT2D eigenvalue weighted by molar-refractivity contribution is 0.0601. The quantitative estimate of drug-likeness (QED) is 0.706. The van der Waals surface area contributed by atoms with Crippen LogP contribution in [0.4, 0.5) is 5.69 Å². The lowest BCUT2D eigenvalue weighted by Gasteiger charge is -2.41. The summed E-state index contributed by atoms with van der Waals surface area (Å²) in [5, 5.41) is 0. The molecule has 2 bridgehead atoms. The maximum Gasteiger partial charge on any atom is 0.337 e. The third-order valence-electron chi connectivity index (χ3n) is 7.16. The number of nitrogens with zero attached hydrogens (tertiary/aromatic N) is 2. The minimum Gasteiger partial charge on any atom is -0.465 e. The van der Waals surface area contributed by atoms with Crippen molar-refractivity contribution in [1.29, 1.82) is 0 Å². The predicted molar refractivity (Wildman–Crippen MR) is 116 cm³/mol. The van der Waals surface area contributed by atoms with Crippen LogP contribution >= 0.6 is 0 Å². The summed E-state index contributed by atoms with van der Waals surface area (Å²) >= 11 is 0. The lowest BCUT2D eigenvalue weighted by atomic mass is 9.93. The largest absolute Gasteiger partial charge is 0.465 e. The van der Waals surface area contributed by atoms with Crippen molar-refractivity contribution in [1.82, 2.24) is 4.90 Å². The van der Waals surface area contributed by atoms with Crippen LogP contribution in [0.15, 0.2) is 48.5 Å². The molecule has 2 aromatic rings. The van der Waals surface area contributed by atoms with Gasteiger partial charge in [-0.25, -0.2) is 4.79 Å². The van der Waals surface area contributed by atoms with E-state index in [1.54, 1.807) is 0 Å². The maximum atomic E-state index is 11.6. The second-order valence-electron chi connectivity index (χ2n) is 8.80. The van der Waals surface area contributed by atoms with Gasteiger partial charge in [0.1, 0.15) is 0 Å². The fraction of sp³-hybridized carbons (Fsp3) is 0.480. The van der Waals surface area contributed by atoms with E-state index in [2.05, 4.69) is 34.1 Å². The molecule has 152 valence electrons.